The molecule has 1 heterocycles. The topological polar surface area (TPSA) is 39.1 Å². The third-order valence-electron chi connectivity index (χ3n) is 3.92. The van der Waals surface area contributed by atoms with Gasteiger partial charge in [-0.05, 0) is 67.8 Å². The summed E-state index contributed by atoms with van der Waals surface area (Å²) in [6.45, 7) is 1.93. The zero-order chi connectivity index (χ0) is 19.2. The Morgan fingerprint density at radius 3 is 2.56 bits per heavy atom. The van der Waals surface area contributed by atoms with E-state index in [0.29, 0.717) is 13.2 Å². The van der Waals surface area contributed by atoms with Gasteiger partial charge in [-0.1, -0.05) is 37.9 Å². The molecule has 0 fully saturated rings. The molecule has 0 radical (unpaired) electrons. The monoisotopic (exact) mass is 619 g/mol. The van der Waals surface area contributed by atoms with Gasteiger partial charge in [0.25, 0.3) is 0 Å². The SMILES string of the molecule is Brc1ccc(COC(CNc2ccc(Br)c(Br)c2)Cn2ccnc2)c(Br)c1. The second kappa shape index (κ2) is 10.2. The van der Waals surface area contributed by atoms with Gasteiger partial charge < -0.3 is 14.6 Å². The fourth-order valence-electron chi connectivity index (χ4n) is 2.49. The van der Waals surface area contributed by atoms with E-state index in [4.69, 9.17) is 4.74 Å². The Labute approximate surface area is 192 Å². The van der Waals surface area contributed by atoms with Crippen molar-refractivity contribution in [2.45, 2.75) is 19.3 Å². The van der Waals surface area contributed by atoms with Gasteiger partial charge in [0, 0.05) is 42.5 Å². The first-order valence-corrected chi connectivity index (χ1v) is 11.4. The van der Waals surface area contributed by atoms with E-state index in [1.807, 2.05) is 47.4 Å². The van der Waals surface area contributed by atoms with Crippen LogP contribution in [0.25, 0.3) is 0 Å². The highest BCUT2D eigenvalue weighted by molar-refractivity contribution is 9.13. The van der Waals surface area contributed by atoms with Crippen LogP contribution in [0.1, 0.15) is 5.56 Å². The lowest BCUT2D eigenvalue weighted by molar-refractivity contribution is 0.0376. The summed E-state index contributed by atoms with van der Waals surface area (Å²) in [7, 11) is 0. The molecule has 0 aliphatic heterocycles. The van der Waals surface area contributed by atoms with Gasteiger partial charge in [-0.2, -0.15) is 0 Å². The number of hydrogen-bond donors (Lipinski definition) is 1. The molecule has 0 saturated carbocycles. The molecule has 3 aromatic rings. The van der Waals surface area contributed by atoms with Gasteiger partial charge in [0.05, 0.1) is 25.6 Å². The maximum Gasteiger partial charge on any atom is 0.0946 e. The van der Waals surface area contributed by atoms with Gasteiger partial charge in [0.1, 0.15) is 0 Å². The van der Waals surface area contributed by atoms with Crippen LogP contribution in [-0.2, 0) is 17.9 Å². The Balaban J connectivity index is 1.65. The zero-order valence-corrected chi connectivity index (χ0v) is 20.6. The summed E-state index contributed by atoms with van der Waals surface area (Å²) in [6.07, 6.45) is 5.52. The maximum absolute atomic E-state index is 6.22. The number of rotatable bonds is 8. The maximum atomic E-state index is 6.22. The van der Waals surface area contributed by atoms with Gasteiger partial charge in [-0.3, -0.25) is 0 Å². The van der Waals surface area contributed by atoms with Crippen molar-refractivity contribution in [3.05, 3.63) is 78.6 Å². The molecule has 1 N–H and O–H groups in total. The summed E-state index contributed by atoms with van der Waals surface area (Å²) in [4.78, 5) is 4.12. The molecule has 0 saturated heterocycles. The van der Waals surface area contributed by atoms with Crippen LogP contribution in [0, 0.1) is 0 Å². The predicted octanol–water partition coefficient (Wildman–Crippen LogP) is 6.63. The number of benzene rings is 2. The van der Waals surface area contributed by atoms with Gasteiger partial charge in [0.2, 0.25) is 0 Å². The number of nitrogens with one attached hydrogen (secondary N) is 1. The molecule has 0 amide bonds. The second-order valence-electron chi connectivity index (χ2n) is 5.94. The van der Waals surface area contributed by atoms with E-state index in [1.165, 1.54) is 0 Å². The Kier molecular flexibility index (Phi) is 7.96. The molecule has 2 aromatic carbocycles. The molecule has 0 aliphatic carbocycles. The summed E-state index contributed by atoms with van der Waals surface area (Å²) >= 11 is 14.1. The summed E-state index contributed by atoms with van der Waals surface area (Å²) in [6, 6.07) is 12.2. The summed E-state index contributed by atoms with van der Waals surface area (Å²) < 4.78 is 12.4. The fourth-order valence-corrected chi connectivity index (χ4v) is 4.28. The number of hydrogen-bond acceptors (Lipinski definition) is 3. The lowest BCUT2D eigenvalue weighted by atomic mass is 10.2. The average Bonchev–Trinajstić information content (AvgIpc) is 3.14. The number of anilines is 1. The molecular weight excluding hydrogens is 606 g/mol. The van der Waals surface area contributed by atoms with Crippen molar-refractivity contribution in [3.63, 3.8) is 0 Å². The van der Waals surface area contributed by atoms with Crippen LogP contribution >= 0.6 is 63.7 Å². The van der Waals surface area contributed by atoms with E-state index in [2.05, 4.69) is 80.1 Å². The van der Waals surface area contributed by atoms with Crippen LogP contribution < -0.4 is 5.32 Å². The number of halogens is 4. The molecule has 0 spiro atoms. The smallest absolute Gasteiger partial charge is 0.0946 e. The van der Waals surface area contributed by atoms with E-state index in [-0.39, 0.29) is 6.10 Å². The molecule has 0 aliphatic rings. The highest BCUT2D eigenvalue weighted by Crippen LogP contribution is 2.26. The molecule has 3 rings (SSSR count). The Bertz CT molecular complexity index is 887. The fraction of sp³-hybridized carbons (Fsp3) is 0.211. The van der Waals surface area contributed by atoms with Crippen LogP contribution in [0.4, 0.5) is 5.69 Å². The van der Waals surface area contributed by atoms with Gasteiger partial charge >= 0.3 is 0 Å². The van der Waals surface area contributed by atoms with Crippen molar-refractivity contribution < 1.29 is 4.74 Å². The molecule has 4 nitrogen and oxygen atoms in total. The number of ether oxygens (including phenoxy) is 1. The minimum absolute atomic E-state index is 0.0165. The molecule has 142 valence electrons. The van der Waals surface area contributed by atoms with Gasteiger partial charge in [-0.25, -0.2) is 4.98 Å². The lowest BCUT2D eigenvalue weighted by Gasteiger charge is -2.20. The Morgan fingerprint density at radius 1 is 1.00 bits per heavy atom. The number of aromatic nitrogens is 2. The van der Waals surface area contributed by atoms with E-state index in [1.54, 1.807) is 6.20 Å². The summed E-state index contributed by atoms with van der Waals surface area (Å²) in [5.41, 5.74) is 2.15. The van der Waals surface area contributed by atoms with Crippen molar-refractivity contribution in [1.29, 1.82) is 0 Å². The third-order valence-corrected chi connectivity index (χ3v) is 7.03. The highest BCUT2D eigenvalue weighted by Gasteiger charge is 2.12. The van der Waals surface area contributed by atoms with E-state index >= 15 is 0 Å². The number of imidazole rings is 1. The summed E-state index contributed by atoms with van der Waals surface area (Å²) in [5, 5.41) is 3.46. The van der Waals surface area contributed by atoms with Gasteiger partial charge in [0.15, 0.2) is 0 Å². The molecule has 1 unspecified atom stereocenters. The van der Waals surface area contributed by atoms with Crippen molar-refractivity contribution in [2.75, 3.05) is 11.9 Å². The second-order valence-corrected chi connectivity index (χ2v) is 9.42. The van der Waals surface area contributed by atoms with Crippen molar-refractivity contribution >= 4 is 69.4 Å². The molecule has 1 atom stereocenters. The average molecular weight is 623 g/mol. The van der Waals surface area contributed by atoms with Gasteiger partial charge in [-0.15, -0.1) is 0 Å². The first kappa shape index (κ1) is 21.0. The lowest BCUT2D eigenvalue weighted by Crippen LogP contribution is -2.28. The quantitative estimate of drug-likeness (QED) is 0.307. The van der Waals surface area contributed by atoms with E-state index in [0.717, 1.165) is 35.7 Å². The Morgan fingerprint density at radius 2 is 1.85 bits per heavy atom. The summed E-state index contributed by atoms with van der Waals surface area (Å²) in [5.74, 6) is 0. The minimum Gasteiger partial charge on any atom is -0.382 e. The van der Waals surface area contributed by atoms with Crippen LogP contribution in [-0.4, -0.2) is 22.2 Å². The van der Waals surface area contributed by atoms with Crippen LogP contribution in [0.2, 0.25) is 0 Å². The van der Waals surface area contributed by atoms with Crippen LogP contribution in [0.5, 0.6) is 0 Å². The molecular formula is C19H17Br4N3O. The third kappa shape index (κ3) is 6.42. The molecule has 8 heteroatoms. The highest BCUT2D eigenvalue weighted by atomic mass is 79.9. The van der Waals surface area contributed by atoms with E-state index in [9.17, 15) is 0 Å². The van der Waals surface area contributed by atoms with E-state index < -0.39 is 0 Å². The van der Waals surface area contributed by atoms with Crippen LogP contribution in [0.3, 0.4) is 0 Å². The first-order chi connectivity index (χ1) is 13.0. The minimum atomic E-state index is -0.0165. The molecule has 27 heavy (non-hydrogen) atoms. The molecule has 1 aromatic heterocycles. The zero-order valence-electron chi connectivity index (χ0n) is 14.2. The number of nitrogens with zero attached hydrogens (tertiary/aromatic N) is 2. The predicted molar refractivity (Wildman–Crippen MR) is 123 cm³/mol. The first-order valence-electron chi connectivity index (χ1n) is 8.21. The Hall–Kier alpha value is -0.670. The van der Waals surface area contributed by atoms with Crippen molar-refractivity contribution in [3.8, 4) is 0 Å². The standard InChI is InChI=1S/C19H17Br4N3O/c20-14-2-1-13(18(22)7-14)11-27-16(10-26-6-5-24-12-26)9-25-15-3-4-17(21)19(23)8-15/h1-8,12,16,25H,9-11H2. The normalized spacial score (nSPS) is 12.1. The van der Waals surface area contributed by atoms with Crippen molar-refractivity contribution in [2.24, 2.45) is 0 Å². The molecule has 0 bridgehead atoms. The largest absolute Gasteiger partial charge is 0.382 e. The van der Waals surface area contributed by atoms with Crippen molar-refractivity contribution in [1.82, 2.24) is 9.55 Å². The van der Waals surface area contributed by atoms with Crippen LogP contribution in [0.15, 0.2) is 73.0 Å².